The first-order valence-electron chi connectivity index (χ1n) is 2.81. The summed E-state index contributed by atoms with van der Waals surface area (Å²) in [6, 6.07) is 0. The maximum Gasteiger partial charge on any atom is 0.185 e. The number of hydrazine groups is 1. The molecular weight excluding hydrogens is 104 g/mol. The lowest BCUT2D eigenvalue weighted by Gasteiger charge is -2.12. The molecule has 3 heteroatoms. The van der Waals surface area contributed by atoms with Crippen molar-refractivity contribution in [2.75, 3.05) is 6.54 Å². The minimum absolute atomic E-state index is 0.287. The van der Waals surface area contributed by atoms with Crippen LogP contribution in [0.1, 0.15) is 6.42 Å². The van der Waals surface area contributed by atoms with Gasteiger partial charge in [-0.25, -0.2) is 5.43 Å². The average molecular weight is 112 g/mol. The lowest BCUT2D eigenvalue weighted by molar-refractivity contribution is 0.0706. The molecule has 1 atom stereocenters. The van der Waals surface area contributed by atoms with Crippen LogP contribution in [0.2, 0.25) is 0 Å². The van der Waals surface area contributed by atoms with Crippen LogP contribution in [0.3, 0.4) is 0 Å². The van der Waals surface area contributed by atoms with Crippen LogP contribution < -0.4 is 5.43 Å². The van der Waals surface area contributed by atoms with Crippen LogP contribution in [0.15, 0.2) is 12.5 Å². The van der Waals surface area contributed by atoms with Gasteiger partial charge in [-0.3, -0.25) is 5.01 Å². The van der Waals surface area contributed by atoms with Crippen molar-refractivity contribution in [3.05, 3.63) is 12.5 Å². The van der Waals surface area contributed by atoms with E-state index in [9.17, 15) is 0 Å². The zero-order valence-corrected chi connectivity index (χ0v) is 4.50. The first-order valence-corrected chi connectivity index (χ1v) is 2.81. The van der Waals surface area contributed by atoms with E-state index in [1.54, 1.807) is 6.26 Å². The molecule has 1 unspecified atom stereocenters. The van der Waals surface area contributed by atoms with Gasteiger partial charge >= 0.3 is 0 Å². The van der Waals surface area contributed by atoms with Crippen molar-refractivity contribution in [2.24, 2.45) is 0 Å². The van der Waals surface area contributed by atoms with Gasteiger partial charge in [0.1, 0.15) is 6.26 Å². The quantitative estimate of drug-likeness (QED) is 0.478. The first-order chi connectivity index (χ1) is 3.97. The molecule has 2 rings (SSSR count). The number of hydrogen-bond donors (Lipinski definition) is 1. The van der Waals surface area contributed by atoms with E-state index in [-0.39, 0.29) is 6.23 Å². The molecule has 8 heavy (non-hydrogen) atoms. The van der Waals surface area contributed by atoms with Gasteiger partial charge in [-0.15, -0.1) is 0 Å². The van der Waals surface area contributed by atoms with Crippen molar-refractivity contribution in [3.63, 3.8) is 0 Å². The van der Waals surface area contributed by atoms with E-state index < -0.39 is 0 Å². The Kier molecular flexibility index (Phi) is 0.729. The third kappa shape index (κ3) is 0.419. The molecule has 1 saturated heterocycles. The van der Waals surface area contributed by atoms with Gasteiger partial charge in [0.25, 0.3) is 0 Å². The maximum absolute atomic E-state index is 5.16. The van der Waals surface area contributed by atoms with E-state index >= 15 is 0 Å². The predicted octanol–water partition coefficient (Wildman–Crippen LogP) is 0.0242. The maximum atomic E-state index is 5.16. The van der Waals surface area contributed by atoms with Crippen molar-refractivity contribution >= 4 is 0 Å². The fourth-order valence-corrected chi connectivity index (χ4v) is 1.03. The minimum atomic E-state index is 0.287. The van der Waals surface area contributed by atoms with Crippen molar-refractivity contribution in [1.82, 2.24) is 10.4 Å². The van der Waals surface area contributed by atoms with Crippen molar-refractivity contribution in [1.29, 1.82) is 0 Å². The van der Waals surface area contributed by atoms with Crippen LogP contribution in [0.5, 0.6) is 0 Å². The van der Waals surface area contributed by atoms with Gasteiger partial charge in [0.2, 0.25) is 0 Å². The zero-order chi connectivity index (χ0) is 5.40. The van der Waals surface area contributed by atoms with E-state index in [4.69, 9.17) is 4.74 Å². The van der Waals surface area contributed by atoms with E-state index in [1.807, 2.05) is 11.2 Å². The molecule has 2 aliphatic heterocycles. The summed E-state index contributed by atoms with van der Waals surface area (Å²) in [4.78, 5) is 0. The highest BCUT2D eigenvalue weighted by Crippen LogP contribution is 2.15. The second-order valence-corrected chi connectivity index (χ2v) is 1.98. The Bertz CT molecular complexity index is 124. The van der Waals surface area contributed by atoms with Crippen LogP contribution in [0.4, 0.5) is 0 Å². The van der Waals surface area contributed by atoms with Crippen LogP contribution in [0, 0.1) is 0 Å². The normalized spacial score (nSPS) is 33.0. The van der Waals surface area contributed by atoms with E-state index in [1.165, 1.54) is 0 Å². The van der Waals surface area contributed by atoms with Crippen molar-refractivity contribution < 1.29 is 4.74 Å². The standard InChI is InChI=1S/C5H8N2O/c1-2-6-7-3-4-8-5(1)7/h3-6H,1-2H2. The third-order valence-corrected chi connectivity index (χ3v) is 1.45. The molecule has 0 amide bonds. The Morgan fingerprint density at radius 1 is 1.75 bits per heavy atom. The molecule has 1 fully saturated rings. The zero-order valence-electron chi connectivity index (χ0n) is 4.50. The summed E-state index contributed by atoms with van der Waals surface area (Å²) in [5.74, 6) is 0. The fourth-order valence-electron chi connectivity index (χ4n) is 1.03. The lowest BCUT2D eigenvalue weighted by atomic mass is 10.4. The number of ether oxygens (including phenoxy) is 1. The van der Waals surface area contributed by atoms with Gasteiger partial charge in [-0.1, -0.05) is 0 Å². The van der Waals surface area contributed by atoms with Gasteiger partial charge in [0, 0.05) is 13.0 Å². The third-order valence-electron chi connectivity index (χ3n) is 1.45. The highest BCUT2D eigenvalue weighted by atomic mass is 16.5. The molecule has 2 heterocycles. The number of nitrogens with one attached hydrogen (secondary N) is 1. The summed E-state index contributed by atoms with van der Waals surface area (Å²) < 4.78 is 5.16. The number of rotatable bonds is 0. The smallest absolute Gasteiger partial charge is 0.185 e. The molecule has 0 aromatic carbocycles. The van der Waals surface area contributed by atoms with Gasteiger partial charge in [0.05, 0.1) is 6.20 Å². The number of fused-ring (bicyclic) bond motifs is 1. The monoisotopic (exact) mass is 112 g/mol. The number of hydrogen-bond acceptors (Lipinski definition) is 3. The molecule has 1 N–H and O–H groups in total. The van der Waals surface area contributed by atoms with Gasteiger partial charge < -0.3 is 4.74 Å². The average Bonchev–Trinajstić information content (AvgIpc) is 2.15. The van der Waals surface area contributed by atoms with E-state index in [2.05, 4.69) is 5.43 Å². The van der Waals surface area contributed by atoms with Gasteiger partial charge in [-0.05, 0) is 0 Å². The van der Waals surface area contributed by atoms with Crippen LogP contribution in [-0.2, 0) is 4.74 Å². The first kappa shape index (κ1) is 4.21. The Morgan fingerprint density at radius 3 is 3.62 bits per heavy atom. The van der Waals surface area contributed by atoms with Gasteiger partial charge in [-0.2, -0.15) is 0 Å². The van der Waals surface area contributed by atoms with E-state index in [0.29, 0.717) is 0 Å². The second kappa shape index (κ2) is 1.39. The molecule has 0 radical (unpaired) electrons. The van der Waals surface area contributed by atoms with Crippen LogP contribution in [0.25, 0.3) is 0 Å². The molecule has 0 bridgehead atoms. The van der Waals surface area contributed by atoms with Crippen molar-refractivity contribution in [2.45, 2.75) is 12.6 Å². The topological polar surface area (TPSA) is 24.5 Å². The summed E-state index contributed by atoms with van der Waals surface area (Å²) in [5.41, 5.74) is 3.14. The molecule has 0 aromatic heterocycles. The summed E-state index contributed by atoms with van der Waals surface area (Å²) in [7, 11) is 0. The Labute approximate surface area is 47.9 Å². The highest BCUT2D eigenvalue weighted by Gasteiger charge is 2.24. The van der Waals surface area contributed by atoms with Crippen LogP contribution in [-0.4, -0.2) is 17.8 Å². The predicted molar refractivity (Wildman–Crippen MR) is 28.5 cm³/mol. The molecule has 44 valence electrons. The summed E-state index contributed by atoms with van der Waals surface area (Å²) in [5, 5.41) is 1.99. The second-order valence-electron chi connectivity index (χ2n) is 1.98. The molecule has 0 aromatic rings. The molecule has 0 spiro atoms. The Morgan fingerprint density at radius 2 is 2.75 bits per heavy atom. The van der Waals surface area contributed by atoms with E-state index in [0.717, 1.165) is 13.0 Å². The Hall–Kier alpha value is -0.700. The molecule has 0 aliphatic carbocycles. The largest absolute Gasteiger partial charge is 0.475 e. The highest BCUT2D eigenvalue weighted by molar-refractivity contribution is 4.87. The lowest BCUT2D eigenvalue weighted by Crippen LogP contribution is -2.28. The summed E-state index contributed by atoms with van der Waals surface area (Å²) in [6.45, 7) is 1.04. The summed E-state index contributed by atoms with van der Waals surface area (Å²) in [6.07, 6.45) is 5.01. The van der Waals surface area contributed by atoms with Crippen molar-refractivity contribution in [3.8, 4) is 0 Å². The molecular formula is C5H8N2O. The molecule has 0 saturated carbocycles. The van der Waals surface area contributed by atoms with Gasteiger partial charge in [0.15, 0.2) is 6.23 Å². The fraction of sp³-hybridized carbons (Fsp3) is 0.600. The molecule has 2 aliphatic rings. The minimum Gasteiger partial charge on any atom is -0.475 e. The Balaban J connectivity index is 2.13. The molecule has 3 nitrogen and oxygen atoms in total. The number of nitrogens with zero attached hydrogens (tertiary/aromatic N) is 1. The SMILES string of the molecule is C1=CN2NCCC2O1. The van der Waals surface area contributed by atoms with Crippen LogP contribution >= 0.6 is 0 Å². The summed E-state index contributed by atoms with van der Waals surface area (Å²) >= 11 is 0.